The van der Waals surface area contributed by atoms with Crippen LogP contribution in [-0.4, -0.2) is 29.1 Å². The summed E-state index contributed by atoms with van der Waals surface area (Å²) in [4.78, 5) is 13.8. The zero-order valence-corrected chi connectivity index (χ0v) is 8.92. The van der Waals surface area contributed by atoms with Crippen LogP contribution < -0.4 is 10.1 Å². The molecule has 7 heteroatoms. The second kappa shape index (κ2) is 4.76. The highest BCUT2D eigenvalue weighted by Crippen LogP contribution is 2.20. The van der Waals surface area contributed by atoms with Crippen LogP contribution >= 0.6 is 0 Å². The topological polar surface area (TPSA) is 101 Å². The Morgan fingerprint density at radius 1 is 1.65 bits per heavy atom. The number of nitriles is 1. The molecule has 1 saturated heterocycles. The van der Waals surface area contributed by atoms with E-state index in [0.29, 0.717) is 0 Å². The first-order chi connectivity index (χ1) is 8.20. The normalized spacial score (nSPS) is 18.6. The Balaban J connectivity index is 2.19. The standard InChI is InChI=1S/C10H10N4O3/c11-5-8-9(14(15)16)1-2-10(13-8)17-7-3-4-12-6-7/h1-2,7,12H,3-4,6H2. The first kappa shape index (κ1) is 11.3. The van der Waals surface area contributed by atoms with E-state index in [1.807, 2.05) is 0 Å². The number of nitrogens with one attached hydrogen (secondary N) is 1. The van der Waals surface area contributed by atoms with Crippen LogP contribution in [0.1, 0.15) is 12.1 Å². The van der Waals surface area contributed by atoms with Crippen molar-refractivity contribution < 1.29 is 9.66 Å². The lowest BCUT2D eigenvalue weighted by molar-refractivity contribution is -0.385. The number of nitrogens with zero attached hydrogens (tertiary/aromatic N) is 3. The average Bonchev–Trinajstić information content (AvgIpc) is 2.81. The van der Waals surface area contributed by atoms with Gasteiger partial charge in [-0.3, -0.25) is 10.1 Å². The summed E-state index contributed by atoms with van der Waals surface area (Å²) in [7, 11) is 0. The van der Waals surface area contributed by atoms with Gasteiger partial charge >= 0.3 is 5.69 Å². The molecule has 0 saturated carbocycles. The molecule has 1 aliphatic rings. The molecule has 0 aromatic carbocycles. The third-order valence-corrected chi connectivity index (χ3v) is 2.45. The maximum absolute atomic E-state index is 10.6. The lowest BCUT2D eigenvalue weighted by Crippen LogP contribution is -2.20. The number of ether oxygens (including phenoxy) is 1. The number of nitro groups is 1. The van der Waals surface area contributed by atoms with Gasteiger partial charge in [-0.05, 0) is 13.0 Å². The van der Waals surface area contributed by atoms with Gasteiger partial charge in [0.2, 0.25) is 11.6 Å². The molecule has 17 heavy (non-hydrogen) atoms. The highest BCUT2D eigenvalue weighted by Gasteiger charge is 2.20. The molecule has 2 heterocycles. The van der Waals surface area contributed by atoms with Gasteiger partial charge < -0.3 is 10.1 Å². The van der Waals surface area contributed by atoms with Gasteiger partial charge in [-0.15, -0.1) is 0 Å². The Morgan fingerprint density at radius 2 is 2.47 bits per heavy atom. The maximum atomic E-state index is 10.6. The molecule has 1 N–H and O–H groups in total. The van der Waals surface area contributed by atoms with Crippen molar-refractivity contribution in [2.24, 2.45) is 0 Å². The van der Waals surface area contributed by atoms with Gasteiger partial charge in [-0.2, -0.15) is 10.2 Å². The number of hydrogen-bond acceptors (Lipinski definition) is 6. The Morgan fingerprint density at radius 3 is 3.06 bits per heavy atom. The fourth-order valence-electron chi connectivity index (χ4n) is 1.63. The van der Waals surface area contributed by atoms with E-state index in [4.69, 9.17) is 10.00 Å². The van der Waals surface area contributed by atoms with E-state index >= 15 is 0 Å². The highest BCUT2D eigenvalue weighted by atomic mass is 16.6. The number of hydrogen-bond donors (Lipinski definition) is 1. The largest absolute Gasteiger partial charge is 0.473 e. The summed E-state index contributed by atoms with van der Waals surface area (Å²) in [6.45, 7) is 1.60. The third-order valence-electron chi connectivity index (χ3n) is 2.45. The van der Waals surface area contributed by atoms with Crippen LogP contribution in [0.3, 0.4) is 0 Å². The average molecular weight is 234 g/mol. The van der Waals surface area contributed by atoms with Crippen molar-refractivity contribution in [3.63, 3.8) is 0 Å². The smallest absolute Gasteiger partial charge is 0.305 e. The molecule has 0 aliphatic carbocycles. The predicted molar refractivity (Wildman–Crippen MR) is 57.5 cm³/mol. The molecule has 88 valence electrons. The van der Waals surface area contributed by atoms with Crippen molar-refractivity contribution in [1.29, 1.82) is 5.26 Å². The van der Waals surface area contributed by atoms with Crippen LogP contribution in [0, 0.1) is 21.4 Å². The second-order valence-electron chi connectivity index (χ2n) is 3.62. The molecule has 1 aliphatic heterocycles. The summed E-state index contributed by atoms with van der Waals surface area (Å²) in [5, 5.41) is 22.5. The molecule has 7 nitrogen and oxygen atoms in total. The maximum Gasteiger partial charge on any atom is 0.305 e. The summed E-state index contributed by atoms with van der Waals surface area (Å²) < 4.78 is 5.51. The van der Waals surface area contributed by atoms with Gasteiger partial charge in [0.25, 0.3) is 0 Å². The number of pyridine rings is 1. The van der Waals surface area contributed by atoms with E-state index in [1.165, 1.54) is 12.1 Å². The minimum absolute atomic E-state index is 0.00972. The van der Waals surface area contributed by atoms with Crippen molar-refractivity contribution in [2.75, 3.05) is 13.1 Å². The molecule has 1 aromatic rings. The fraction of sp³-hybridized carbons (Fsp3) is 0.400. The monoisotopic (exact) mass is 234 g/mol. The zero-order valence-electron chi connectivity index (χ0n) is 8.92. The van der Waals surface area contributed by atoms with Gasteiger partial charge in [0.15, 0.2) is 0 Å². The second-order valence-corrected chi connectivity index (χ2v) is 3.62. The molecular formula is C10H10N4O3. The van der Waals surface area contributed by atoms with Crippen LogP contribution in [-0.2, 0) is 0 Å². The summed E-state index contributed by atoms with van der Waals surface area (Å²) in [5.41, 5.74) is -0.525. The Bertz CT molecular complexity index is 477. The van der Waals surface area contributed by atoms with E-state index in [9.17, 15) is 10.1 Å². The van der Waals surface area contributed by atoms with Crippen molar-refractivity contribution in [2.45, 2.75) is 12.5 Å². The van der Waals surface area contributed by atoms with Gasteiger partial charge in [-0.1, -0.05) is 0 Å². The van der Waals surface area contributed by atoms with Gasteiger partial charge in [0.1, 0.15) is 12.2 Å². The molecule has 0 spiro atoms. The van der Waals surface area contributed by atoms with Crippen LogP contribution in [0.5, 0.6) is 5.88 Å². The predicted octanol–water partition coefficient (Wildman–Crippen LogP) is 0.602. The Kier molecular flexibility index (Phi) is 3.16. The zero-order chi connectivity index (χ0) is 12.3. The molecule has 2 rings (SSSR count). The summed E-state index contributed by atoms with van der Waals surface area (Å²) >= 11 is 0. The highest BCUT2D eigenvalue weighted by molar-refractivity contribution is 5.45. The van der Waals surface area contributed by atoms with E-state index in [1.54, 1.807) is 6.07 Å². The van der Waals surface area contributed by atoms with E-state index < -0.39 is 4.92 Å². The molecule has 0 bridgehead atoms. The fourth-order valence-corrected chi connectivity index (χ4v) is 1.63. The number of aromatic nitrogens is 1. The quantitative estimate of drug-likeness (QED) is 0.607. The van der Waals surface area contributed by atoms with Crippen molar-refractivity contribution in [1.82, 2.24) is 10.3 Å². The van der Waals surface area contributed by atoms with E-state index in [2.05, 4.69) is 10.3 Å². The first-order valence-electron chi connectivity index (χ1n) is 5.13. The molecular weight excluding hydrogens is 224 g/mol. The molecule has 1 aromatic heterocycles. The lowest BCUT2D eigenvalue weighted by Gasteiger charge is -2.10. The van der Waals surface area contributed by atoms with E-state index in [0.717, 1.165) is 19.5 Å². The van der Waals surface area contributed by atoms with Gasteiger partial charge in [0.05, 0.1) is 4.92 Å². The van der Waals surface area contributed by atoms with Crippen LogP contribution in [0.15, 0.2) is 12.1 Å². The minimum atomic E-state index is -0.632. The SMILES string of the molecule is N#Cc1nc(OC2CCNC2)ccc1[N+](=O)[O-]. The molecule has 1 atom stereocenters. The van der Waals surface area contributed by atoms with Crippen LogP contribution in [0.4, 0.5) is 5.69 Å². The van der Waals surface area contributed by atoms with Crippen molar-refractivity contribution in [3.05, 3.63) is 27.9 Å². The Hall–Kier alpha value is -2.20. The van der Waals surface area contributed by atoms with Crippen molar-refractivity contribution >= 4 is 5.69 Å². The Labute approximate surface area is 97.2 Å². The van der Waals surface area contributed by atoms with Crippen molar-refractivity contribution in [3.8, 4) is 11.9 Å². The van der Waals surface area contributed by atoms with Crippen LogP contribution in [0.2, 0.25) is 0 Å². The number of rotatable bonds is 3. The minimum Gasteiger partial charge on any atom is -0.473 e. The van der Waals surface area contributed by atoms with Gasteiger partial charge in [0, 0.05) is 18.7 Å². The molecule has 0 radical (unpaired) electrons. The van der Waals surface area contributed by atoms with Crippen LogP contribution in [0.25, 0.3) is 0 Å². The van der Waals surface area contributed by atoms with Gasteiger partial charge in [-0.25, -0.2) is 0 Å². The first-order valence-corrected chi connectivity index (χ1v) is 5.13. The molecule has 1 fully saturated rings. The molecule has 0 amide bonds. The summed E-state index contributed by atoms with van der Waals surface area (Å²) in [6.07, 6.45) is 0.871. The summed E-state index contributed by atoms with van der Waals surface area (Å²) in [6, 6.07) is 4.35. The summed E-state index contributed by atoms with van der Waals surface area (Å²) in [5.74, 6) is 0.251. The third kappa shape index (κ3) is 2.49. The van der Waals surface area contributed by atoms with E-state index in [-0.39, 0.29) is 23.4 Å². The molecule has 1 unspecified atom stereocenters. The lowest BCUT2D eigenvalue weighted by atomic mass is 10.3.